The first-order valence-corrected chi connectivity index (χ1v) is 9.96. The van der Waals surface area contributed by atoms with Crippen molar-refractivity contribution in [1.29, 1.82) is 0 Å². The van der Waals surface area contributed by atoms with Crippen molar-refractivity contribution in [1.82, 2.24) is 19.1 Å². The van der Waals surface area contributed by atoms with E-state index in [4.69, 9.17) is 11.6 Å². The number of aromatic nitrogens is 3. The molecule has 0 spiro atoms. The fraction of sp³-hybridized carbons (Fsp3) is 0.278. The van der Waals surface area contributed by atoms with E-state index in [2.05, 4.69) is 10.4 Å². The van der Waals surface area contributed by atoms with E-state index < -0.39 is 10.0 Å². The third-order valence-electron chi connectivity index (χ3n) is 4.36. The van der Waals surface area contributed by atoms with Crippen LogP contribution in [0, 0.1) is 13.8 Å². The summed E-state index contributed by atoms with van der Waals surface area (Å²) in [6.45, 7) is 4.14. The van der Waals surface area contributed by atoms with Gasteiger partial charge in [-0.3, -0.25) is 4.68 Å². The summed E-state index contributed by atoms with van der Waals surface area (Å²) < 4.78 is 29.6. The van der Waals surface area contributed by atoms with E-state index >= 15 is 0 Å². The number of halogens is 2. The first-order chi connectivity index (χ1) is 12.3. The maximum Gasteiger partial charge on any atom is 0.273 e. The molecule has 2 heterocycles. The minimum atomic E-state index is -3.90. The van der Waals surface area contributed by atoms with Crippen LogP contribution in [0.5, 0.6) is 0 Å². The lowest BCUT2D eigenvalue weighted by Crippen LogP contribution is -2.15. The molecule has 0 bridgehead atoms. The Hall–Kier alpha value is -1.80. The minimum absolute atomic E-state index is 0. The average molecular weight is 429 g/mol. The summed E-state index contributed by atoms with van der Waals surface area (Å²) in [6.07, 6.45) is 1.66. The molecule has 0 radical (unpaired) electrons. The van der Waals surface area contributed by atoms with Gasteiger partial charge in [-0.2, -0.15) is 5.10 Å². The summed E-state index contributed by atoms with van der Waals surface area (Å²) in [5, 5.41) is 7.33. The fourth-order valence-corrected chi connectivity index (χ4v) is 5.29. The number of aryl methyl sites for hydroxylation is 2. The SMILES string of the molecule is CNCc1cn(S(=O)(=O)c2c(C)nn(C)c2Cl)c(-c2ccccc2)c1C.Cl. The number of rotatable bonds is 5. The number of benzene rings is 1. The average Bonchev–Trinajstić information content (AvgIpc) is 3.06. The van der Waals surface area contributed by atoms with E-state index in [1.807, 2.05) is 44.3 Å². The van der Waals surface area contributed by atoms with Gasteiger partial charge >= 0.3 is 0 Å². The maximum atomic E-state index is 13.5. The van der Waals surface area contributed by atoms with Gasteiger partial charge in [0.1, 0.15) is 10.0 Å². The highest BCUT2D eigenvalue weighted by Gasteiger charge is 2.30. The molecular weight excluding hydrogens is 407 g/mol. The lowest BCUT2D eigenvalue weighted by atomic mass is 10.1. The van der Waals surface area contributed by atoms with Crippen LogP contribution in [0.3, 0.4) is 0 Å². The molecule has 0 unspecified atom stereocenters. The quantitative estimate of drug-likeness (QED) is 0.674. The van der Waals surface area contributed by atoms with Crippen LogP contribution in [0.2, 0.25) is 5.15 Å². The largest absolute Gasteiger partial charge is 0.316 e. The predicted molar refractivity (Wildman–Crippen MR) is 110 cm³/mol. The number of hydrogen-bond acceptors (Lipinski definition) is 4. The Labute approximate surface area is 170 Å². The van der Waals surface area contributed by atoms with Gasteiger partial charge in [-0.05, 0) is 37.6 Å². The van der Waals surface area contributed by atoms with Crippen LogP contribution >= 0.6 is 24.0 Å². The summed E-state index contributed by atoms with van der Waals surface area (Å²) in [4.78, 5) is 0.0323. The summed E-state index contributed by atoms with van der Waals surface area (Å²) in [7, 11) is -0.451. The summed E-state index contributed by atoms with van der Waals surface area (Å²) in [6, 6.07) is 9.47. The summed E-state index contributed by atoms with van der Waals surface area (Å²) in [5.41, 5.74) is 3.65. The highest BCUT2D eigenvalue weighted by Crippen LogP contribution is 2.34. The Morgan fingerprint density at radius 1 is 1.19 bits per heavy atom. The number of hydrogen-bond donors (Lipinski definition) is 1. The van der Waals surface area contributed by atoms with Crippen molar-refractivity contribution in [2.24, 2.45) is 7.05 Å². The highest BCUT2D eigenvalue weighted by molar-refractivity contribution is 7.90. The third-order valence-corrected chi connectivity index (χ3v) is 6.72. The Morgan fingerprint density at radius 3 is 2.33 bits per heavy atom. The van der Waals surface area contributed by atoms with Crippen LogP contribution in [0.1, 0.15) is 16.8 Å². The van der Waals surface area contributed by atoms with E-state index in [0.29, 0.717) is 17.9 Å². The number of nitrogens with one attached hydrogen (secondary N) is 1. The van der Waals surface area contributed by atoms with Crippen LogP contribution < -0.4 is 5.32 Å². The second-order valence-corrected chi connectivity index (χ2v) is 8.26. The molecule has 0 saturated carbocycles. The molecule has 9 heteroatoms. The van der Waals surface area contributed by atoms with Gasteiger partial charge < -0.3 is 5.32 Å². The van der Waals surface area contributed by atoms with Crippen molar-refractivity contribution >= 4 is 34.0 Å². The van der Waals surface area contributed by atoms with E-state index in [9.17, 15) is 8.42 Å². The summed E-state index contributed by atoms with van der Waals surface area (Å²) >= 11 is 6.25. The van der Waals surface area contributed by atoms with Crippen LogP contribution in [0.4, 0.5) is 0 Å². The first-order valence-electron chi connectivity index (χ1n) is 8.14. The standard InChI is InChI=1S/C18H21ClN4O2S.ClH/c1-12-15(10-20-3)11-23(16(12)14-8-6-5-7-9-14)26(24,25)17-13(2)21-22(4)18(17)19;/h5-9,11,20H,10H2,1-4H3;1H. The number of nitrogens with zero attached hydrogens (tertiary/aromatic N) is 3. The molecule has 1 aromatic carbocycles. The molecule has 2 aromatic heterocycles. The Balaban J connectivity index is 0.00000261. The maximum absolute atomic E-state index is 13.5. The van der Waals surface area contributed by atoms with Gasteiger partial charge in [-0.15, -0.1) is 12.4 Å². The van der Waals surface area contributed by atoms with Crippen LogP contribution in [-0.2, 0) is 23.6 Å². The molecule has 0 aliphatic heterocycles. The first kappa shape index (κ1) is 21.5. The third kappa shape index (κ3) is 3.65. The molecular formula is C18H22Cl2N4O2S. The zero-order chi connectivity index (χ0) is 19.1. The lowest BCUT2D eigenvalue weighted by Gasteiger charge is -2.11. The van der Waals surface area contributed by atoms with Crippen LogP contribution in [0.25, 0.3) is 11.3 Å². The Bertz CT molecular complexity index is 1060. The molecule has 146 valence electrons. The smallest absolute Gasteiger partial charge is 0.273 e. The van der Waals surface area contributed by atoms with Gasteiger partial charge in [0, 0.05) is 19.8 Å². The van der Waals surface area contributed by atoms with Crippen molar-refractivity contribution in [2.75, 3.05) is 7.05 Å². The predicted octanol–water partition coefficient (Wildman–Crippen LogP) is 3.54. The molecule has 0 aliphatic rings. The molecule has 0 fully saturated rings. The van der Waals surface area contributed by atoms with Crippen LogP contribution in [-0.4, -0.2) is 29.2 Å². The fourth-order valence-electron chi connectivity index (χ4n) is 3.12. The molecule has 27 heavy (non-hydrogen) atoms. The summed E-state index contributed by atoms with van der Waals surface area (Å²) in [5.74, 6) is 0. The molecule has 1 N–H and O–H groups in total. The van der Waals surface area contributed by atoms with E-state index in [1.54, 1.807) is 20.2 Å². The van der Waals surface area contributed by atoms with Gasteiger partial charge in [0.05, 0.1) is 11.4 Å². The van der Waals surface area contributed by atoms with Gasteiger partial charge in [-0.25, -0.2) is 12.4 Å². The van der Waals surface area contributed by atoms with Crippen molar-refractivity contribution in [2.45, 2.75) is 25.3 Å². The van der Waals surface area contributed by atoms with E-state index in [0.717, 1.165) is 16.7 Å². The molecule has 0 atom stereocenters. The second kappa shape index (κ2) is 8.06. The van der Waals surface area contributed by atoms with Gasteiger partial charge in [-0.1, -0.05) is 41.9 Å². The van der Waals surface area contributed by atoms with Crippen molar-refractivity contribution in [3.8, 4) is 11.3 Å². The highest BCUT2D eigenvalue weighted by atomic mass is 35.5. The Morgan fingerprint density at radius 2 is 1.81 bits per heavy atom. The molecule has 6 nitrogen and oxygen atoms in total. The Kier molecular flexibility index (Phi) is 6.42. The molecule has 0 amide bonds. The monoisotopic (exact) mass is 428 g/mol. The van der Waals surface area contributed by atoms with E-state index in [-0.39, 0.29) is 22.5 Å². The lowest BCUT2D eigenvalue weighted by molar-refractivity contribution is 0.587. The van der Waals surface area contributed by atoms with E-state index in [1.165, 1.54) is 8.65 Å². The van der Waals surface area contributed by atoms with Gasteiger partial charge in [0.2, 0.25) is 0 Å². The molecule has 0 aliphatic carbocycles. The van der Waals surface area contributed by atoms with Gasteiger partial charge in [0.25, 0.3) is 10.0 Å². The minimum Gasteiger partial charge on any atom is -0.316 e. The van der Waals surface area contributed by atoms with Gasteiger partial charge in [0.15, 0.2) is 0 Å². The molecule has 3 aromatic rings. The second-order valence-electron chi connectivity index (χ2n) is 6.15. The zero-order valence-corrected chi connectivity index (χ0v) is 17.9. The van der Waals surface area contributed by atoms with Crippen molar-refractivity contribution in [3.63, 3.8) is 0 Å². The topological polar surface area (TPSA) is 68.9 Å². The normalized spacial score (nSPS) is 11.4. The molecule has 3 rings (SSSR count). The van der Waals surface area contributed by atoms with Crippen molar-refractivity contribution in [3.05, 3.63) is 58.5 Å². The zero-order valence-electron chi connectivity index (χ0n) is 15.5. The van der Waals surface area contributed by atoms with Crippen LogP contribution in [0.15, 0.2) is 41.4 Å². The van der Waals surface area contributed by atoms with Crippen molar-refractivity contribution < 1.29 is 8.42 Å². The molecule has 0 saturated heterocycles.